The number of amides is 1. The molecule has 1 amide bonds. The van der Waals surface area contributed by atoms with Crippen LogP contribution in [0.1, 0.15) is 15.9 Å². The lowest BCUT2D eigenvalue weighted by molar-refractivity contribution is 0.0992. The van der Waals surface area contributed by atoms with Gasteiger partial charge >= 0.3 is 0 Å². The van der Waals surface area contributed by atoms with E-state index < -0.39 is 10.0 Å². The predicted molar refractivity (Wildman–Crippen MR) is 119 cm³/mol. The molecule has 31 heavy (non-hydrogen) atoms. The summed E-state index contributed by atoms with van der Waals surface area (Å²) in [6, 6.07) is 20.5. The summed E-state index contributed by atoms with van der Waals surface area (Å²) in [5.74, 6) is 0.400. The molecule has 7 nitrogen and oxygen atoms in total. The van der Waals surface area contributed by atoms with Gasteiger partial charge < -0.3 is 14.4 Å². The van der Waals surface area contributed by atoms with Gasteiger partial charge in [-0.15, -0.1) is 0 Å². The fraction of sp³-hybridized carbons (Fsp3) is 0.174. The minimum atomic E-state index is -3.92. The van der Waals surface area contributed by atoms with Gasteiger partial charge in [0, 0.05) is 30.9 Å². The lowest BCUT2D eigenvalue weighted by Gasteiger charge is -2.19. The zero-order valence-corrected chi connectivity index (χ0v) is 18.3. The number of hydrogen-bond donors (Lipinski definition) is 1. The standard InChI is InChI=1S/C23H24N2O5S/c1-25(19-10-7-11-20(15-19)29-2)23(26)18-12-13-21(30-3)22(14-18)31(27,28)24-16-17-8-5-4-6-9-17/h4-15,24H,16H2,1-3H3. The van der Waals surface area contributed by atoms with E-state index >= 15 is 0 Å². The minimum Gasteiger partial charge on any atom is -0.497 e. The third-order valence-electron chi connectivity index (χ3n) is 4.75. The van der Waals surface area contributed by atoms with Gasteiger partial charge in [0.15, 0.2) is 0 Å². The Bertz CT molecular complexity index is 1160. The Labute approximate surface area is 182 Å². The summed E-state index contributed by atoms with van der Waals surface area (Å²) in [5, 5.41) is 0. The van der Waals surface area contributed by atoms with Crippen LogP contribution in [0.25, 0.3) is 0 Å². The van der Waals surface area contributed by atoms with Gasteiger partial charge in [-0.2, -0.15) is 0 Å². The fourth-order valence-corrected chi connectivity index (χ4v) is 4.21. The van der Waals surface area contributed by atoms with E-state index in [2.05, 4.69) is 4.72 Å². The van der Waals surface area contributed by atoms with E-state index in [4.69, 9.17) is 9.47 Å². The number of anilines is 1. The number of carbonyl (C=O) groups is 1. The Morgan fingerprint density at radius 1 is 0.935 bits per heavy atom. The average molecular weight is 441 g/mol. The average Bonchev–Trinajstić information content (AvgIpc) is 2.82. The van der Waals surface area contributed by atoms with Crippen molar-refractivity contribution in [1.82, 2.24) is 4.72 Å². The first-order chi connectivity index (χ1) is 14.9. The lowest BCUT2D eigenvalue weighted by atomic mass is 10.1. The fourth-order valence-electron chi connectivity index (χ4n) is 3.00. The molecular weight excluding hydrogens is 416 g/mol. The van der Waals surface area contributed by atoms with Crippen molar-refractivity contribution in [3.8, 4) is 11.5 Å². The molecule has 0 unspecified atom stereocenters. The highest BCUT2D eigenvalue weighted by Crippen LogP contribution is 2.27. The molecule has 0 aliphatic carbocycles. The second kappa shape index (κ2) is 9.63. The third-order valence-corrected chi connectivity index (χ3v) is 6.18. The van der Waals surface area contributed by atoms with Crippen LogP contribution in [-0.4, -0.2) is 35.6 Å². The van der Waals surface area contributed by atoms with Gasteiger partial charge in [-0.3, -0.25) is 4.79 Å². The van der Waals surface area contributed by atoms with E-state index in [1.54, 1.807) is 38.4 Å². The van der Waals surface area contributed by atoms with Crippen LogP contribution in [0.5, 0.6) is 11.5 Å². The van der Waals surface area contributed by atoms with E-state index in [0.29, 0.717) is 11.4 Å². The first-order valence-corrected chi connectivity index (χ1v) is 11.0. The van der Waals surface area contributed by atoms with Gasteiger partial charge in [-0.05, 0) is 35.9 Å². The van der Waals surface area contributed by atoms with Crippen LogP contribution in [0.3, 0.4) is 0 Å². The van der Waals surface area contributed by atoms with Crippen molar-refractivity contribution in [3.63, 3.8) is 0 Å². The van der Waals surface area contributed by atoms with E-state index in [1.165, 1.54) is 30.2 Å². The maximum absolute atomic E-state index is 13.0. The van der Waals surface area contributed by atoms with Crippen LogP contribution in [0.2, 0.25) is 0 Å². The summed E-state index contributed by atoms with van der Waals surface area (Å²) < 4.78 is 38.9. The molecule has 3 rings (SSSR count). The van der Waals surface area contributed by atoms with E-state index in [-0.39, 0.29) is 28.7 Å². The van der Waals surface area contributed by atoms with Gasteiger partial charge in [0.1, 0.15) is 16.4 Å². The van der Waals surface area contributed by atoms with Gasteiger partial charge in [0.25, 0.3) is 5.91 Å². The zero-order valence-electron chi connectivity index (χ0n) is 17.5. The molecule has 3 aromatic carbocycles. The number of rotatable bonds is 8. The largest absolute Gasteiger partial charge is 0.497 e. The van der Waals surface area contributed by atoms with Crippen molar-refractivity contribution in [2.24, 2.45) is 0 Å². The van der Waals surface area contributed by atoms with Gasteiger partial charge in [0.2, 0.25) is 10.0 Å². The summed E-state index contributed by atoms with van der Waals surface area (Å²) in [6.45, 7) is 0.119. The molecule has 1 N–H and O–H groups in total. The summed E-state index contributed by atoms with van der Waals surface area (Å²) in [4.78, 5) is 14.4. The van der Waals surface area contributed by atoms with Crippen molar-refractivity contribution in [1.29, 1.82) is 0 Å². The van der Waals surface area contributed by atoms with Crippen molar-refractivity contribution in [2.45, 2.75) is 11.4 Å². The summed E-state index contributed by atoms with van der Waals surface area (Å²) in [7, 11) is 0.620. The van der Waals surface area contributed by atoms with E-state index in [9.17, 15) is 13.2 Å². The van der Waals surface area contributed by atoms with Crippen LogP contribution >= 0.6 is 0 Å². The molecule has 3 aromatic rings. The number of sulfonamides is 1. The molecule has 0 saturated carbocycles. The Morgan fingerprint density at radius 2 is 1.68 bits per heavy atom. The molecule has 0 radical (unpaired) electrons. The number of nitrogens with one attached hydrogen (secondary N) is 1. The quantitative estimate of drug-likeness (QED) is 0.580. The van der Waals surface area contributed by atoms with E-state index in [0.717, 1.165) is 5.56 Å². The smallest absolute Gasteiger partial charge is 0.258 e. The second-order valence-electron chi connectivity index (χ2n) is 6.74. The molecular formula is C23H24N2O5S. The number of carbonyl (C=O) groups excluding carboxylic acids is 1. The Kier molecular flexibility index (Phi) is 6.94. The summed E-state index contributed by atoms with van der Waals surface area (Å²) in [6.07, 6.45) is 0. The molecule has 0 aliphatic heterocycles. The molecule has 0 bridgehead atoms. The topological polar surface area (TPSA) is 84.9 Å². The highest BCUT2D eigenvalue weighted by molar-refractivity contribution is 7.89. The maximum atomic E-state index is 13.0. The Hall–Kier alpha value is -3.36. The normalized spacial score (nSPS) is 11.1. The van der Waals surface area contributed by atoms with Crippen molar-refractivity contribution >= 4 is 21.6 Å². The third kappa shape index (κ3) is 5.22. The molecule has 0 aliphatic rings. The van der Waals surface area contributed by atoms with Gasteiger partial charge in [0.05, 0.1) is 14.2 Å². The molecule has 0 spiro atoms. The van der Waals surface area contributed by atoms with Crippen LogP contribution in [0.15, 0.2) is 77.7 Å². The molecule has 0 heterocycles. The number of nitrogens with zero attached hydrogens (tertiary/aromatic N) is 1. The van der Waals surface area contributed by atoms with Crippen molar-refractivity contribution in [2.75, 3.05) is 26.2 Å². The number of methoxy groups -OCH3 is 2. The number of ether oxygens (including phenoxy) is 2. The minimum absolute atomic E-state index is 0.101. The highest BCUT2D eigenvalue weighted by atomic mass is 32.2. The maximum Gasteiger partial charge on any atom is 0.258 e. The summed E-state index contributed by atoms with van der Waals surface area (Å²) in [5.41, 5.74) is 1.65. The van der Waals surface area contributed by atoms with Crippen LogP contribution in [0.4, 0.5) is 5.69 Å². The molecule has 162 valence electrons. The first kappa shape index (κ1) is 22.3. The second-order valence-corrected chi connectivity index (χ2v) is 8.48. The summed E-state index contributed by atoms with van der Waals surface area (Å²) >= 11 is 0. The monoisotopic (exact) mass is 440 g/mol. The first-order valence-electron chi connectivity index (χ1n) is 9.49. The van der Waals surface area contributed by atoms with Crippen LogP contribution in [0, 0.1) is 0 Å². The zero-order chi connectivity index (χ0) is 22.4. The number of benzene rings is 3. The van der Waals surface area contributed by atoms with Gasteiger partial charge in [-0.1, -0.05) is 36.4 Å². The van der Waals surface area contributed by atoms with Crippen LogP contribution < -0.4 is 19.1 Å². The van der Waals surface area contributed by atoms with Gasteiger partial charge in [-0.25, -0.2) is 13.1 Å². The molecule has 8 heteroatoms. The molecule has 0 aromatic heterocycles. The Morgan fingerprint density at radius 3 is 2.35 bits per heavy atom. The van der Waals surface area contributed by atoms with E-state index in [1.807, 2.05) is 30.3 Å². The molecule has 0 saturated heterocycles. The lowest BCUT2D eigenvalue weighted by Crippen LogP contribution is -2.27. The predicted octanol–water partition coefficient (Wildman–Crippen LogP) is 3.46. The van der Waals surface area contributed by atoms with Crippen LogP contribution in [-0.2, 0) is 16.6 Å². The molecule has 0 fully saturated rings. The van der Waals surface area contributed by atoms with Crippen molar-refractivity contribution in [3.05, 3.63) is 83.9 Å². The highest BCUT2D eigenvalue weighted by Gasteiger charge is 2.23. The number of hydrogen-bond acceptors (Lipinski definition) is 5. The molecule has 0 atom stereocenters. The van der Waals surface area contributed by atoms with Crippen molar-refractivity contribution < 1.29 is 22.7 Å². The SMILES string of the molecule is COc1cccc(N(C)C(=O)c2ccc(OC)c(S(=O)(=O)NCc3ccccc3)c2)c1. The Balaban J connectivity index is 1.89.